The van der Waals surface area contributed by atoms with Gasteiger partial charge in [0.25, 0.3) is 0 Å². The van der Waals surface area contributed by atoms with E-state index in [4.69, 9.17) is 5.73 Å². The normalized spacial score (nSPS) is 15.4. The monoisotopic (exact) mass is 766 g/mol. The lowest BCUT2D eigenvalue weighted by Gasteiger charge is -2.55. The zero-order valence-corrected chi connectivity index (χ0v) is 33.2. The number of fused-ring (bicyclic) bond motifs is 3. The van der Waals surface area contributed by atoms with Gasteiger partial charge in [0.2, 0.25) is 0 Å². The van der Waals surface area contributed by atoms with Crippen LogP contribution >= 0.6 is 0 Å². The van der Waals surface area contributed by atoms with Crippen LogP contribution in [0.15, 0.2) is 231 Å². The van der Waals surface area contributed by atoms with Crippen LogP contribution in [0.25, 0.3) is 72.0 Å². The Morgan fingerprint density at radius 2 is 0.967 bits per heavy atom. The predicted molar refractivity (Wildman–Crippen MR) is 254 cm³/mol. The van der Waals surface area contributed by atoms with Gasteiger partial charge in [0.05, 0.1) is 11.2 Å². The summed E-state index contributed by atoms with van der Waals surface area (Å²) in [5.74, 6) is 0. The molecule has 2 heteroatoms. The quantitative estimate of drug-likeness (QED) is 0.164. The van der Waals surface area contributed by atoms with Gasteiger partial charge < -0.3 is 10.6 Å². The van der Waals surface area contributed by atoms with Gasteiger partial charge in [-0.1, -0.05) is 182 Å². The Hall–Kier alpha value is -7.68. The van der Waals surface area contributed by atoms with Crippen molar-refractivity contribution in [3.05, 3.63) is 242 Å². The molecule has 284 valence electrons. The van der Waals surface area contributed by atoms with E-state index in [2.05, 4.69) is 229 Å². The SMILES string of the molecule is Nc1ccc(-c2ccccc2)cc1-c1ccccc1-c1cc(-c2ccccc2)cc(-c2ccc(C3=CC4(CC=C3)c3ccccc3N4c3cccc4ccccc34)cc2)c1. The largest absolute Gasteiger partial charge is 0.398 e. The average molecular weight is 767 g/mol. The van der Waals surface area contributed by atoms with Gasteiger partial charge in [-0.2, -0.15) is 0 Å². The molecule has 0 bridgehead atoms. The van der Waals surface area contributed by atoms with E-state index >= 15 is 0 Å². The smallest absolute Gasteiger partial charge is 0.0949 e. The van der Waals surface area contributed by atoms with E-state index in [-0.39, 0.29) is 5.54 Å². The second kappa shape index (κ2) is 14.6. The molecule has 0 aromatic heterocycles. The number of para-hydroxylation sites is 1. The summed E-state index contributed by atoms with van der Waals surface area (Å²) in [5, 5.41) is 2.52. The van der Waals surface area contributed by atoms with Crippen LogP contribution in [-0.4, -0.2) is 0 Å². The van der Waals surface area contributed by atoms with Crippen LogP contribution in [-0.2, 0) is 5.54 Å². The molecule has 1 unspecified atom stereocenters. The number of rotatable bonds is 7. The molecular weight excluding hydrogens is 725 g/mol. The highest BCUT2D eigenvalue weighted by molar-refractivity contribution is 6.00. The van der Waals surface area contributed by atoms with Gasteiger partial charge in [0, 0.05) is 27.9 Å². The molecule has 2 nitrogen and oxygen atoms in total. The fourth-order valence-corrected chi connectivity index (χ4v) is 9.49. The fourth-order valence-electron chi connectivity index (χ4n) is 9.49. The first-order valence-corrected chi connectivity index (χ1v) is 20.8. The third-order valence-corrected chi connectivity index (χ3v) is 12.4. The number of nitrogens with two attached hydrogens (primary N) is 1. The van der Waals surface area contributed by atoms with E-state index in [1.807, 2.05) is 6.07 Å². The maximum Gasteiger partial charge on any atom is 0.0949 e. The topological polar surface area (TPSA) is 29.3 Å². The summed E-state index contributed by atoms with van der Waals surface area (Å²) in [4.78, 5) is 2.56. The third kappa shape index (κ3) is 6.04. The molecule has 2 aliphatic rings. The molecular formula is C58H42N2. The van der Waals surface area contributed by atoms with E-state index in [9.17, 15) is 0 Å². The van der Waals surface area contributed by atoms with Crippen LogP contribution in [0.5, 0.6) is 0 Å². The van der Waals surface area contributed by atoms with E-state index in [1.54, 1.807) is 0 Å². The Balaban J connectivity index is 0.990. The minimum atomic E-state index is -0.264. The number of benzene rings is 9. The lowest BCUT2D eigenvalue weighted by molar-refractivity contribution is 0.500. The van der Waals surface area contributed by atoms with Crippen molar-refractivity contribution >= 4 is 33.4 Å². The van der Waals surface area contributed by atoms with Crippen LogP contribution in [0.4, 0.5) is 17.1 Å². The molecule has 0 saturated carbocycles. The maximum absolute atomic E-state index is 6.76. The fraction of sp³-hybridized carbons (Fsp3) is 0.0345. The van der Waals surface area contributed by atoms with Crippen LogP contribution in [0.2, 0.25) is 0 Å². The van der Waals surface area contributed by atoms with Gasteiger partial charge in [-0.3, -0.25) is 0 Å². The summed E-state index contributed by atoms with van der Waals surface area (Å²) < 4.78 is 0. The summed E-state index contributed by atoms with van der Waals surface area (Å²) in [6, 6.07) is 76.6. The van der Waals surface area contributed by atoms with Crippen LogP contribution < -0.4 is 10.6 Å². The molecule has 0 fully saturated rings. The van der Waals surface area contributed by atoms with Crippen molar-refractivity contribution in [3.63, 3.8) is 0 Å². The summed E-state index contributed by atoms with van der Waals surface area (Å²) >= 11 is 0. The first-order valence-electron chi connectivity index (χ1n) is 20.8. The first kappa shape index (κ1) is 35.5. The lowest BCUT2D eigenvalue weighted by Crippen LogP contribution is -2.51. The Labute approximate surface area is 351 Å². The average Bonchev–Trinajstić information content (AvgIpc) is 3.32. The summed E-state index contributed by atoms with van der Waals surface area (Å²) in [6.45, 7) is 0. The van der Waals surface area contributed by atoms with E-state index in [0.717, 1.165) is 39.9 Å². The van der Waals surface area contributed by atoms with Gasteiger partial charge in [-0.15, -0.1) is 0 Å². The molecule has 0 radical (unpaired) electrons. The van der Waals surface area contributed by atoms with Gasteiger partial charge in [0.1, 0.15) is 0 Å². The Bertz CT molecular complexity index is 3120. The predicted octanol–water partition coefficient (Wildman–Crippen LogP) is 15.1. The number of allylic oxidation sites excluding steroid dienone is 2. The molecule has 2 N–H and O–H groups in total. The molecule has 1 aliphatic heterocycles. The van der Waals surface area contributed by atoms with E-state index in [1.165, 1.54) is 66.7 Å². The Kier molecular flexibility index (Phi) is 8.64. The summed E-state index contributed by atoms with van der Waals surface area (Å²) in [7, 11) is 0. The minimum absolute atomic E-state index is 0.264. The third-order valence-electron chi connectivity index (χ3n) is 12.4. The van der Waals surface area contributed by atoms with Crippen molar-refractivity contribution in [1.82, 2.24) is 0 Å². The van der Waals surface area contributed by atoms with Crippen LogP contribution in [0.1, 0.15) is 17.5 Å². The standard InChI is InChI=1S/C58H42N2/c59-55-33-32-45(40-15-3-1-4-16-40)38-53(55)52-24-10-9-22-50(52)49-36-47(41-17-5-2-6-18-41)35-48(37-49)43-30-28-42(29-31-43)46-21-14-34-58(39-46)54-25-11-12-26-57(54)60(58)56-27-13-20-44-19-7-8-23-51(44)56/h1-33,35-39H,34,59H2. The van der Waals surface area contributed by atoms with Crippen molar-refractivity contribution < 1.29 is 0 Å². The Morgan fingerprint density at radius 1 is 0.400 bits per heavy atom. The molecule has 1 heterocycles. The minimum Gasteiger partial charge on any atom is -0.398 e. The molecule has 60 heavy (non-hydrogen) atoms. The highest BCUT2D eigenvalue weighted by Gasteiger charge is 2.49. The Morgan fingerprint density at radius 3 is 1.75 bits per heavy atom. The first-order chi connectivity index (χ1) is 29.6. The van der Waals surface area contributed by atoms with Gasteiger partial charge in [-0.05, 0) is 122 Å². The van der Waals surface area contributed by atoms with Crippen molar-refractivity contribution in [2.45, 2.75) is 12.0 Å². The van der Waals surface area contributed by atoms with E-state index in [0.29, 0.717) is 0 Å². The molecule has 0 amide bonds. The van der Waals surface area contributed by atoms with Crippen LogP contribution in [0.3, 0.4) is 0 Å². The van der Waals surface area contributed by atoms with Gasteiger partial charge in [-0.25, -0.2) is 0 Å². The molecule has 9 aromatic rings. The summed E-state index contributed by atoms with van der Waals surface area (Å²) in [6.07, 6.45) is 8.06. The second-order valence-corrected chi connectivity index (χ2v) is 15.9. The number of hydrogen-bond donors (Lipinski definition) is 1. The highest BCUT2D eigenvalue weighted by Crippen LogP contribution is 2.58. The van der Waals surface area contributed by atoms with Gasteiger partial charge in [0.15, 0.2) is 0 Å². The van der Waals surface area contributed by atoms with Crippen molar-refractivity contribution in [1.29, 1.82) is 0 Å². The molecule has 9 aromatic carbocycles. The zero-order chi connectivity index (χ0) is 40.0. The number of anilines is 3. The zero-order valence-electron chi connectivity index (χ0n) is 33.2. The number of nitrogens with zero attached hydrogens (tertiary/aromatic N) is 1. The van der Waals surface area contributed by atoms with E-state index < -0.39 is 0 Å². The molecule has 1 aliphatic carbocycles. The molecule has 0 saturated heterocycles. The van der Waals surface area contributed by atoms with Crippen molar-refractivity contribution in [2.24, 2.45) is 0 Å². The van der Waals surface area contributed by atoms with Crippen molar-refractivity contribution in [2.75, 3.05) is 10.6 Å². The molecule has 1 atom stereocenters. The second-order valence-electron chi connectivity index (χ2n) is 15.9. The molecule has 1 spiro atoms. The van der Waals surface area contributed by atoms with Crippen LogP contribution in [0, 0.1) is 0 Å². The van der Waals surface area contributed by atoms with Crippen molar-refractivity contribution in [3.8, 4) is 55.6 Å². The summed E-state index contributed by atoms with van der Waals surface area (Å²) in [5.41, 5.74) is 25.0. The lowest BCUT2D eigenvalue weighted by atomic mass is 9.71. The number of hydrogen-bond acceptors (Lipinski definition) is 2. The number of nitrogen functional groups attached to an aromatic ring is 1. The van der Waals surface area contributed by atoms with Gasteiger partial charge >= 0.3 is 0 Å². The highest BCUT2D eigenvalue weighted by atomic mass is 15.3. The maximum atomic E-state index is 6.76. The molecule has 11 rings (SSSR count).